The second kappa shape index (κ2) is 6.93. The van der Waals surface area contributed by atoms with E-state index in [0.29, 0.717) is 0 Å². The molecule has 0 radical (unpaired) electrons. The average molecular weight is 340 g/mol. The largest absolute Gasteiger partial charge is 0.496 e. The Bertz CT molecular complexity index is 951. The van der Waals surface area contributed by atoms with E-state index in [1.165, 1.54) is 0 Å². The molecule has 0 bridgehead atoms. The molecule has 2 heteroatoms. The van der Waals surface area contributed by atoms with E-state index >= 15 is 0 Å². The molecule has 0 aliphatic rings. The topological polar surface area (TPSA) is 18.5 Å². The standard InChI is InChI=1S/C24H20O2/c1-25-23-15-19-14-22(18-11-7-4-8-12-18)24(26-2)16-20(19)13-21(23)17-9-5-3-6-10-17/h3-16H,1-2H3. The Morgan fingerprint density at radius 3 is 1.23 bits per heavy atom. The number of benzene rings is 4. The van der Waals surface area contributed by atoms with E-state index in [-0.39, 0.29) is 0 Å². The quantitative estimate of drug-likeness (QED) is 0.441. The van der Waals surface area contributed by atoms with Crippen molar-refractivity contribution in [2.24, 2.45) is 0 Å². The van der Waals surface area contributed by atoms with Crippen LogP contribution in [0.5, 0.6) is 11.5 Å². The van der Waals surface area contributed by atoms with Gasteiger partial charge < -0.3 is 9.47 Å². The summed E-state index contributed by atoms with van der Waals surface area (Å²) >= 11 is 0. The Hall–Kier alpha value is -3.26. The molecule has 0 aromatic heterocycles. The summed E-state index contributed by atoms with van der Waals surface area (Å²) < 4.78 is 11.4. The van der Waals surface area contributed by atoms with E-state index in [1.807, 2.05) is 36.4 Å². The maximum Gasteiger partial charge on any atom is 0.127 e. The summed E-state index contributed by atoms with van der Waals surface area (Å²) in [4.78, 5) is 0. The van der Waals surface area contributed by atoms with Crippen LogP contribution in [0.15, 0.2) is 84.9 Å². The van der Waals surface area contributed by atoms with E-state index in [1.54, 1.807) is 14.2 Å². The molecule has 0 atom stereocenters. The Balaban J connectivity index is 1.95. The van der Waals surface area contributed by atoms with Crippen molar-refractivity contribution >= 4 is 10.8 Å². The van der Waals surface area contributed by atoms with Crippen LogP contribution in [0.1, 0.15) is 0 Å². The first-order chi connectivity index (χ1) is 12.8. The Kier molecular flexibility index (Phi) is 4.32. The molecule has 0 aliphatic heterocycles. The lowest BCUT2D eigenvalue weighted by Gasteiger charge is -2.14. The highest BCUT2D eigenvalue weighted by Gasteiger charge is 2.12. The molecule has 4 aromatic carbocycles. The van der Waals surface area contributed by atoms with Crippen LogP contribution in [-0.4, -0.2) is 14.2 Å². The smallest absolute Gasteiger partial charge is 0.127 e. The summed E-state index contributed by atoms with van der Waals surface area (Å²) in [5.74, 6) is 1.74. The van der Waals surface area contributed by atoms with Gasteiger partial charge in [-0.1, -0.05) is 60.7 Å². The molecular weight excluding hydrogens is 320 g/mol. The van der Waals surface area contributed by atoms with Gasteiger partial charge in [0.1, 0.15) is 11.5 Å². The van der Waals surface area contributed by atoms with Crippen LogP contribution >= 0.6 is 0 Å². The van der Waals surface area contributed by atoms with E-state index in [2.05, 4.69) is 48.5 Å². The highest BCUT2D eigenvalue weighted by Crippen LogP contribution is 2.39. The molecule has 4 rings (SSSR count). The van der Waals surface area contributed by atoms with Crippen molar-refractivity contribution in [2.45, 2.75) is 0 Å². The molecule has 0 unspecified atom stereocenters. The van der Waals surface area contributed by atoms with E-state index in [4.69, 9.17) is 9.47 Å². The van der Waals surface area contributed by atoms with Gasteiger partial charge in [-0.15, -0.1) is 0 Å². The maximum atomic E-state index is 5.68. The summed E-state index contributed by atoms with van der Waals surface area (Å²) in [7, 11) is 3.43. The maximum absolute atomic E-state index is 5.68. The Morgan fingerprint density at radius 2 is 0.885 bits per heavy atom. The molecular formula is C24H20O2. The number of ether oxygens (including phenoxy) is 2. The van der Waals surface area contributed by atoms with E-state index < -0.39 is 0 Å². The van der Waals surface area contributed by atoms with Crippen molar-refractivity contribution in [1.82, 2.24) is 0 Å². The van der Waals surface area contributed by atoms with Crippen LogP contribution in [-0.2, 0) is 0 Å². The van der Waals surface area contributed by atoms with E-state index in [0.717, 1.165) is 44.5 Å². The third-order valence-corrected chi connectivity index (χ3v) is 4.65. The minimum atomic E-state index is 0.868. The summed E-state index contributed by atoms with van der Waals surface area (Å²) in [5, 5.41) is 2.25. The molecule has 0 spiro atoms. The number of hydrogen-bond donors (Lipinski definition) is 0. The number of rotatable bonds is 4. The molecule has 0 aliphatic carbocycles. The third-order valence-electron chi connectivity index (χ3n) is 4.65. The van der Waals surface area contributed by atoms with Crippen LogP contribution in [0.25, 0.3) is 33.0 Å². The Morgan fingerprint density at radius 1 is 0.500 bits per heavy atom. The lowest BCUT2D eigenvalue weighted by atomic mass is 9.96. The second-order valence-electron chi connectivity index (χ2n) is 6.18. The van der Waals surface area contributed by atoms with E-state index in [9.17, 15) is 0 Å². The molecule has 0 saturated heterocycles. The zero-order chi connectivity index (χ0) is 17.9. The van der Waals surface area contributed by atoms with Gasteiger partial charge in [0, 0.05) is 11.1 Å². The third kappa shape index (κ3) is 2.91. The summed E-state index contributed by atoms with van der Waals surface area (Å²) in [6.07, 6.45) is 0. The first-order valence-electron chi connectivity index (χ1n) is 8.61. The fourth-order valence-electron chi connectivity index (χ4n) is 3.33. The van der Waals surface area contributed by atoms with Gasteiger partial charge in [0.15, 0.2) is 0 Å². The van der Waals surface area contributed by atoms with Crippen molar-refractivity contribution < 1.29 is 9.47 Å². The van der Waals surface area contributed by atoms with Gasteiger partial charge >= 0.3 is 0 Å². The van der Waals surface area contributed by atoms with Crippen molar-refractivity contribution in [2.75, 3.05) is 14.2 Å². The molecule has 0 N–H and O–H groups in total. The first kappa shape index (κ1) is 16.2. The number of methoxy groups -OCH3 is 2. The lowest BCUT2D eigenvalue weighted by molar-refractivity contribution is 0.416. The van der Waals surface area contributed by atoms with Gasteiger partial charge in [-0.2, -0.15) is 0 Å². The number of fused-ring (bicyclic) bond motifs is 1. The zero-order valence-electron chi connectivity index (χ0n) is 14.9. The highest BCUT2D eigenvalue weighted by molar-refractivity contribution is 5.95. The van der Waals surface area contributed by atoms with Crippen molar-refractivity contribution in [3.05, 3.63) is 84.9 Å². The van der Waals surface area contributed by atoms with Crippen LogP contribution in [0.3, 0.4) is 0 Å². The molecule has 0 fully saturated rings. The minimum absolute atomic E-state index is 0.868. The predicted octanol–water partition coefficient (Wildman–Crippen LogP) is 6.19. The van der Waals surface area contributed by atoms with Crippen LogP contribution in [0.4, 0.5) is 0 Å². The van der Waals surface area contributed by atoms with Crippen molar-refractivity contribution in [3.63, 3.8) is 0 Å². The van der Waals surface area contributed by atoms with Crippen molar-refractivity contribution in [3.8, 4) is 33.8 Å². The van der Waals surface area contributed by atoms with Gasteiger partial charge in [0.2, 0.25) is 0 Å². The van der Waals surface area contributed by atoms with Gasteiger partial charge in [0.05, 0.1) is 14.2 Å². The van der Waals surface area contributed by atoms with Crippen LogP contribution in [0.2, 0.25) is 0 Å². The SMILES string of the molecule is COc1cc2cc(-c3ccccc3)c(OC)cc2cc1-c1ccccc1. The predicted molar refractivity (Wildman–Crippen MR) is 108 cm³/mol. The fourth-order valence-corrected chi connectivity index (χ4v) is 3.33. The molecule has 26 heavy (non-hydrogen) atoms. The van der Waals surface area contributed by atoms with Gasteiger partial charge in [-0.3, -0.25) is 0 Å². The Labute approximate surface area is 153 Å². The lowest BCUT2D eigenvalue weighted by Crippen LogP contribution is -1.92. The van der Waals surface area contributed by atoms with Crippen LogP contribution < -0.4 is 9.47 Å². The first-order valence-corrected chi connectivity index (χ1v) is 8.61. The molecule has 0 amide bonds. The molecule has 2 nitrogen and oxygen atoms in total. The van der Waals surface area contributed by atoms with Crippen LogP contribution in [0, 0.1) is 0 Å². The summed E-state index contributed by atoms with van der Waals surface area (Å²) in [6, 6.07) is 29.1. The molecule has 0 saturated carbocycles. The zero-order valence-corrected chi connectivity index (χ0v) is 14.9. The molecule has 4 aromatic rings. The monoisotopic (exact) mass is 340 g/mol. The highest BCUT2D eigenvalue weighted by atomic mass is 16.5. The minimum Gasteiger partial charge on any atom is -0.496 e. The average Bonchev–Trinajstić information content (AvgIpc) is 2.73. The summed E-state index contributed by atoms with van der Waals surface area (Å²) in [6.45, 7) is 0. The fraction of sp³-hybridized carbons (Fsp3) is 0.0833. The molecule has 0 heterocycles. The number of hydrogen-bond acceptors (Lipinski definition) is 2. The normalized spacial score (nSPS) is 10.7. The van der Waals surface area contributed by atoms with Gasteiger partial charge in [-0.25, -0.2) is 0 Å². The second-order valence-corrected chi connectivity index (χ2v) is 6.18. The van der Waals surface area contributed by atoms with Gasteiger partial charge in [0.25, 0.3) is 0 Å². The molecule has 128 valence electrons. The van der Waals surface area contributed by atoms with Gasteiger partial charge in [-0.05, 0) is 46.2 Å². The summed E-state index contributed by atoms with van der Waals surface area (Å²) in [5.41, 5.74) is 4.43. The van der Waals surface area contributed by atoms with Crippen molar-refractivity contribution in [1.29, 1.82) is 0 Å².